The number of aryl methyl sites for hydroxylation is 1. The lowest BCUT2D eigenvalue weighted by atomic mass is 10.1. The maximum atomic E-state index is 5.89. The zero-order valence-corrected chi connectivity index (χ0v) is 11.4. The molecule has 2 N–H and O–H groups in total. The van der Waals surface area contributed by atoms with Gasteiger partial charge in [0.15, 0.2) is 0 Å². The minimum Gasteiger partial charge on any atom is -0.497 e. The maximum Gasteiger partial charge on any atom is 0.146 e. The van der Waals surface area contributed by atoms with Gasteiger partial charge in [0.05, 0.1) is 19.7 Å². The van der Waals surface area contributed by atoms with E-state index in [1.807, 2.05) is 26.1 Å². The third-order valence-electron chi connectivity index (χ3n) is 3.09. The van der Waals surface area contributed by atoms with Gasteiger partial charge in [-0.2, -0.15) is 0 Å². The van der Waals surface area contributed by atoms with E-state index >= 15 is 0 Å². The molecule has 1 heterocycles. The van der Waals surface area contributed by atoms with Crippen molar-refractivity contribution in [1.82, 2.24) is 4.57 Å². The predicted octanol–water partition coefficient (Wildman–Crippen LogP) is 2.09. The van der Waals surface area contributed by atoms with E-state index in [1.165, 1.54) is 5.56 Å². The van der Waals surface area contributed by atoms with Gasteiger partial charge < -0.3 is 19.8 Å². The molecule has 18 heavy (non-hydrogen) atoms. The summed E-state index contributed by atoms with van der Waals surface area (Å²) in [5.41, 5.74) is 8.19. The molecular formula is C14H20N2O2. The smallest absolute Gasteiger partial charge is 0.146 e. The Bertz CT molecular complexity index is 558. The third-order valence-corrected chi connectivity index (χ3v) is 3.09. The van der Waals surface area contributed by atoms with Crippen LogP contribution in [0.15, 0.2) is 18.3 Å². The van der Waals surface area contributed by atoms with E-state index in [0.717, 1.165) is 28.8 Å². The molecule has 0 spiro atoms. The van der Waals surface area contributed by atoms with Crippen LogP contribution in [0.25, 0.3) is 10.9 Å². The number of aromatic nitrogens is 1. The number of hydrogen-bond donors (Lipinski definition) is 1. The first-order valence-corrected chi connectivity index (χ1v) is 6.02. The Labute approximate surface area is 107 Å². The predicted molar refractivity (Wildman–Crippen MR) is 73.4 cm³/mol. The fourth-order valence-electron chi connectivity index (χ4n) is 2.34. The SMILES string of the molecule is COc1cc(OC)c2c(c1)c(CC(C)N)cn2C. The number of hydrogen-bond acceptors (Lipinski definition) is 3. The molecule has 0 saturated carbocycles. The summed E-state index contributed by atoms with van der Waals surface area (Å²) in [6.07, 6.45) is 2.95. The zero-order valence-electron chi connectivity index (χ0n) is 11.4. The summed E-state index contributed by atoms with van der Waals surface area (Å²) in [6.45, 7) is 2.01. The molecule has 0 radical (unpaired) electrons. The molecule has 2 rings (SSSR count). The van der Waals surface area contributed by atoms with Crippen molar-refractivity contribution in [3.05, 3.63) is 23.9 Å². The Morgan fingerprint density at radius 3 is 2.56 bits per heavy atom. The highest BCUT2D eigenvalue weighted by Gasteiger charge is 2.14. The number of nitrogens with zero attached hydrogens (tertiary/aromatic N) is 1. The van der Waals surface area contributed by atoms with Gasteiger partial charge in [-0.15, -0.1) is 0 Å². The van der Waals surface area contributed by atoms with Gasteiger partial charge in [0.2, 0.25) is 0 Å². The summed E-state index contributed by atoms with van der Waals surface area (Å²) in [5.74, 6) is 1.62. The lowest BCUT2D eigenvalue weighted by molar-refractivity contribution is 0.397. The molecule has 1 aromatic carbocycles. The highest BCUT2D eigenvalue weighted by atomic mass is 16.5. The molecule has 1 unspecified atom stereocenters. The van der Waals surface area contributed by atoms with Crippen LogP contribution < -0.4 is 15.2 Å². The largest absolute Gasteiger partial charge is 0.497 e. The van der Waals surface area contributed by atoms with Crippen LogP contribution in [0.4, 0.5) is 0 Å². The van der Waals surface area contributed by atoms with E-state index in [2.05, 4.69) is 10.8 Å². The summed E-state index contributed by atoms with van der Waals surface area (Å²) in [6, 6.07) is 4.07. The molecule has 98 valence electrons. The van der Waals surface area contributed by atoms with Gasteiger partial charge in [0, 0.05) is 30.7 Å². The number of rotatable bonds is 4. The Kier molecular flexibility index (Phi) is 3.48. The van der Waals surface area contributed by atoms with Crippen molar-refractivity contribution >= 4 is 10.9 Å². The van der Waals surface area contributed by atoms with E-state index in [0.29, 0.717) is 0 Å². The minimum atomic E-state index is 0.132. The van der Waals surface area contributed by atoms with Crippen LogP contribution in [0.2, 0.25) is 0 Å². The van der Waals surface area contributed by atoms with Gasteiger partial charge in [-0.3, -0.25) is 0 Å². The molecule has 0 aliphatic heterocycles. The molecule has 1 atom stereocenters. The van der Waals surface area contributed by atoms with Crippen molar-refractivity contribution in [2.75, 3.05) is 14.2 Å². The van der Waals surface area contributed by atoms with Crippen molar-refractivity contribution in [3.63, 3.8) is 0 Å². The first-order valence-electron chi connectivity index (χ1n) is 6.02. The van der Waals surface area contributed by atoms with Crippen LogP contribution in [0.5, 0.6) is 11.5 Å². The lowest BCUT2D eigenvalue weighted by Gasteiger charge is -2.08. The highest BCUT2D eigenvalue weighted by molar-refractivity contribution is 5.90. The molecule has 0 fully saturated rings. The van der Waals surface area contributed by atoms with Crippen LogP contribution in [-0.2, 0) is 13.5 Å². The quantitative estimate of drug-likeness (QED) is 0.901. The number of benzene rings is 1. The molecule has 0 amide bonds. The van der Waals surface area contributed by atoms with Crippen LogP contribution in [0.1, 0.15) is 12.5 Å². The standard InChI is InChI=1S/C14H20N2O2/c1-9(15)5-10-8-16(2)14-12(10)6-11(17-3)7-13(14)18-4/h6-9H,5,15H2,1-4H3. The average molecular weight is 248 g/mol. The first-order chi connectivity index (χ1) is 8.56. The van der Waals surface area contributed by atoms with Crippen LogP contribution in [0, 0.1) is 0 Å². The van der Waals surface area contributed by atoms with Gasteiger partial charge >= 0.3 is 0 Å². The Balaban J connectivity index is 2.67. The number of methoxy groups -OCH3 is 2. The molecular weight excluding hydrogens is 228 g/mol. The molecule has 0 aliphatic carbocycles. The van der Waals surface area contributed by atoms with Crippen molar-refractivity contribution in [2.24, 2.45) is 12.8 Å². The molecule has 1 aromatic heterocycles. The van der Waals surface area contributed by atoms with Gasteiger partial charge in [-0.1, -0.05) is 0 Å². The highest BCUT2D eigenvalue weighted by Crippen LogP contribution is 2.34. The molecule has 0 bridgehead atoms. The number of ether oxygens (including phenoxy) is 2. The van der Waals surface area contributed by atoms with Crippen LogP contribution in [-0.4, -0.2) is 24.8 Å². The fourth-order valence-corrected chi connectivity index (χ4v) is 2.34. The van der Waals surface area contributed by atoms with Crippen molar-refractivity contribution in [2.45, 2.75) is 19.4 Å². The van der Waals surface area contributed by atoms with Gasteiger partial charge in [-0.25, -0.2) is 0 Å². The average Bonchev–Trinajstić information content (AvgIpc) is 2.64. The lowest BCUT2D eigenvalue weighted by Crippen LogP contribution is -2.17. The van der Waals surface area contributed by atoms with Crippen molar-refractivity contribution in [1.29, 1.82) is 0 Å². The van der Waals surface area contributed by atoms with Gasteiger partial charge in [0.1, 0.15) is 11.5 Å². The Morgan fingerprint density at radius 1 is 1.28 bits per heavy atom. The fraction of sp³-hybridized carbons (Fsp3) is 0.429. The molecule has 0 aliphatic rings. The molecule has 4 heteroatoms. The minimum absolute atomic E-state index is 0.132. The van der Waals surface area contributed by atoms with Gasteiger partial charge in [0.25, 0.3) is 0 Å². The van der Waals surface area contributed by atoms with Crippen molar-refractivity contribution < 1.29 is 9.47 Å². The summed E-state index contributed by atoms with van der Waals surface area (Å²) in [5, 5.41) is 1.14. The third kappa shape index (κ3) is 2.16. The summed E-state index contributed by atoms with van der Waals surface area (Å²) >= 11 is 0. The van der Waals surface area contributed by atoms with E-state index in [9.17, 15) is 0 Å². The topological polar surface area (TPSA) is 49.4 Å². The van der Waals surface area contributed by atoms with Crippen molar-refractivity contribution in [3.8, 4) is 11.5 Å². The summed E-state index contributed by atoms with van der Waals surface area (Å²) in [4.78, 5) is 0. The molecule has 4 nitrogen and oxygen atoms in total. The maximum absolute atomic E-state index is 5.89. The monoisotopic (exact) mass is 248 g/mol. The van der Waals surface area contributed by atoms with E-state index in [4.69, 9.17) is 15.2 Å². The second kappa shape index (κ2) is 4.90. The van der Waals surface area contributed by atoms with E-state index in [-0.39, 0.29) is 6.04 Å². The normalized spacial score (nSPS) is 12.7. The molecule has 0 saturated heterocycles. The molecule has 2 aromatic rings. The number of fused-ring (bicyclic) bond motifs is 1. The van der Waals surface area contributed by atoms with Crippen LogP contribution >= 0.6 is 0 Å². The summed E-state index contributed by atoms with van der Waals surface area (Å²) in [7, 11) is 5.35. The number of nitrogens with two attached hydrogens (primary N) is 1. The summed E-state index contributed by atoms with van der Waals surface area (Å²) < 4.78 is 12.8. The second-order valence-corrected chi connectivity index (χ2v) is 4.67. The van der Waals surface area contributed by atoms with E-state index in [1.54, 1.807) is 14.2 Å². The first kappa shape index (κ1) is 12.8. The van der Waals surface area contributed by atoms with E-state index < -0.39 is 0 Å². The second-order valence-electron chi connectivity index (χ2n) is 4.67. The van der Waals surface area contributed by atoms with Gasteiger partial charge in [-0.05, 0) is 25.0 Å². The Hall–Kier alpha value is -1.68. The Morgan fingerprint density at radius 2 is 2.00 bits per heavy atom. The van der Waals surface area contributed by atoms with Crippen LogP contribution in [0.3, 0.4) is 0 Å². The zero-order chi connectivity index (χ0) is 13.3.